The summed E-state index contributed by atoms with van der Waals surface area (Å²) in [6.07, 6.45) is 0.119. The molecule has 1 fully saturated rings. The molecule has 1 aromatic rings. The van der Waals surface area contributed by atoms with Gasteiger partial charge >= 0.3 is 0 Å². The van der Waals surface area contributed by atoms with Gasteiger partial charge in [0.05, 0.1) is 25.4 Å². The summed E-state index contributed by atoms with van der Waals surface area (Å²) in [6.45, 7) is 11.6. The van der Waals surface area contributed by atoms with E-state index in [1.807, 2.05) is 7.05 Å². The summed E-state index contributed by atoms with van der Waals surface area (Å²) >= 11 is 1.81. The second kappa shape index (κ2) is 10.3. The number of thiophene rings is 1. The first-order chi connectivity index (χ1) is 12.5. The Morgan fingerprint density at radius 3 is 2.54 bits per heavy atom. The van der Waals surface area contributed by atoms with E-state index in [0.717, 1.165) is 45.4 Å². The first-order valence-electron chi connectivity index (χ1n) is 9.28. The number of nitrogens with one attached hydrogen (secondary N) is 2. The molecule has 0 radical (unpaired) electrons. The number of rotatable bonds is 7. The van der Waals surface area contributed by atoms with Crippen molar-refractivity contribution in [1.29, 1.82) is 0 Å². The van der Waals surface area contributed by atoms with E-state index in [1.54, 1.807) is 18.4 Å². The lowest BCUT2D eigenvalue weighted by atomic mass is 9.89. The molecule has 1 aromatic heterocycles. The summed E-state index contributed by atoms with van der Waals surface area (Å²) < 4.78 is 11.1. The smallest absolute Gasteiger partial charge is 0.191 e. The van der Waals surface area contributed by atoms with Crippen LogP contribution in [0.15, 0.2) is 22.5 Å². The normalized spacial score (nSPS) is 19.2. The SMILES string of the molecule is CN=C(NCC(c1cccs1)N1CCOCC1)NCC(OC)C(C)(C)C. The summed E-state index contributed by atoms with van der Waals surface area (Å²) in [5, 5.41) is 9.04. The Balaban J connectivity index is 1.93. The predicted octanol–water partition coefficient (Wildman–Crippen LogP) is 2.35. The first-order valence-corrected chi connectivity index (χ1v) is 10.2. The Hall–Kier alpha value is -1.15. The minimum atomic E-state index is 0.0773. The van der Waals surface area contributed by atoms with Crippen LogP contribution in [0.3, 0.4) is 0 Å². The predicted molar refractivity (Wildman–Crippen MR) is 109 cm³/mol. The van der Waals surface area contributed by atoms with Crippen molar-refractivity contribution >= 4 is 17.3 Å². The highest BCUT2D eigenvalue weighted by Gasteiger charge is 2.26. The lowest BCUT2D eigenvalue weighted by Crippen LogP contribution is -2.48. The molecule has 6 nitrogen and oxygen atoms in total. The molecular formula is C19H34N4O2S. The zero-order valence-corrected chi connectivity index (χ0v) is 17.6. The summed E-state index contributed by atoms with van der Waals surface area (Å²) in [7, 11) is 3.57. The van der Waals surface area contributed by atoms with Gasteiger partial charge in [0.25, 0.3) is 0 Å². The summed E-state index contributed by atoms with van der Waals surface area (Å²) in [5.74, 6) is 0.811. The Labute approximate surface area is 162 Å². The number of morpholine rings is 1. The van der Waals surface area contributed by atoms with E-state index in [-0.39, 0.29) is 11.5 Å². The summed E-state index contributed by atoms with van der Waals surface area (Å²) in [4.78, 5) is 8.24. The van der Waals surface area contributed by atoms with Gasteiger partial charge in [0.2, 0.25) is 0 Å². The Morgan fingerprint density at radius 2 is 2.00 bits per heavy atom. The van der Waals surface area contributed by atoms with Gasteiger partial charge in [-0.3, -0.25) is 9.89 Å². The third kappa shape index (κ3) is 6.23. The lowest BCUT2D eigenvalue weighted by Gasteiger charge is -2.34. The van der Waals surface area contributed by atoms with E-state index in [9.17, 15) is 0 Å². The maximum atomic E-state index is 5.62. The number of nitrogens with zero attached hydrogens (tertiary/aromatic N) is 2. The van der Waals surface area contributed by atoms with Gasteiger partial charge in [-0.05, 0) is 16.9 Å². The fourth-order valence-electron chi connectivity index (χ4n) is 3.13. The molecule has 0 aromatic carbocycles. The highest BCUT2D eigenvalue weighted by Crippen LogP contribution is 2.25. The quantitative estimate of drug-likeness (QED) is 0.560. The van der Waals surface area contributed by atoms with Crippen LogP contribution in [0.4, 0.5) is 0 Å². The molecule has 0 aliphatic carbocycles. The van der Waals surface area contributed by atoms with E-state index in [4.69, 9.17) is 9.47 Å². The fraction of sp³-hybridized carbons (Fsp3) is 0.737. The number of hydrogen-bond acceptors (Lipinski definition) is 5. The van der Waals surface area contributed by atoms with E-state index in [2.05, 4.69) is 58.8 Å². The van der Waals surface area contributed by atoms with Crippen molar-refractivity contribution in [2.75, 3.05) is 53.6 Å². The van der Waals surface area contributed by atoms with E-state index in [1.165, 1.54) is 4.88 Å². The molecule has 2 rings (SSSR count). The van der Waals surface area contributed by atoms with Crippen molar-refractivity contribution in [2.24, 2.45) is 10.4 Å². The van der Waals surface area contributed by atoms with Crippen molar-refractivity contribution < 1.29 is 9.47 Å². The van der Waals surface area contributed by atoms with Gasteiger partial charge in [-0.2, -0.15) is 0 Å². The Kier molecular flexibility index (Phi) is 8.34. The van der Waals surface area contributed by atoms with Crippen LogP contribution >= 0.6 is 11.3 Å². The third-order valence-electron chi connectivity index (χ3n) is 4.75. The van der Waals surface area contributed by atoms with Crippen LogP contribution in [-0.4, -0.2) is 70.5 Å². The molecule has 7 heteroatoms. The number of guanidine groups is 1. The Morgan fingerprint density at radius 1 is 1.31 bits per heavy atom. The van der Waals surface area contributed by atoms with Crippen LogP contribution in [-0.2, 0) is 9.47 Å². The van der Waals surface area contributed by atoms with Gasteiger partial charge in [-0.15, -0.1) is 11.3 Å². The maximum absolute atomic E-state index is 5.62. The van der Waals surface area contributed by atoms with Crippen LogP contribution in [0.1, 0.15) is 31.7 Å². The van der Waals surface area contributed by atoms with E-state index >= 15 is 0 Å². The van der Waals surface area contributed by atoms with Crippen LogP contribution in [0.25, 0.3) is 0 Å². The first kappa shape index (κ1) is 21.2. The molecule has 2 unspecified atom stereocenters. The molecular weight excluding hydrogens is 348 g/mol. The highest BCUT2D eigenvalue weighted by atomic mass is 32.1. The maximum Gasteiger partial charge on any atom is 0.191 e. The molecule has 0 saturated carbocycles. The molecule has 0 spiro atoms. The van der Waals surface area contributed by atoms with Crippen LogP contribution < -0.4 is 10.6 Å². The fourth-order valence-corrected chi connectivity index (χ4v) is 3.99. The van der Waals surface area contributed by atoms with E-state index < -0.39 is 0 Å². The van der Waals surface area contributed by atoms with Crippen molar-refractivity contribution in [1.82, 2.24) is 15.5 Å². The van der Waals surface area contributed by atoms with Gasteiger partial charge in [-0.25, -0.2) is 0 Å². The zero-order chi connectivity index (χ0) is 19.0. The molecule has 1 saturated heterocycles. The highest BCUT2D eigenvalue weighted by molar-refractivity contribution is 7.10. The second-order valence-electron chi connectivity index (χ2n) is 7.60. The van der Waals surface area contributed by atoms with Crippen LogP contribution in [0, 0.1) is 5.41 Å². The number of methoxy groups -OCH3 is 1. The second-order valence-corrected chi connectivity index (χ2v) is 8.58. The van der Waals surface area contributed by atoms with Gasteiger partial charge in [0.1, 0.15) is 0 Å². The molecule has 26 heavy (non-hydrogen) atoms. The average molecular weight is 383 g/mol. The van der Waals surface area contributed by atoms with Crippen LogP contribution in [0.2, 0.25) is 0 Å². The molecule has 1 aliphatic heterocycles. The zero-order valence-electron chi connectivity index (χ0n) is 16.7. The lowest BCUT2D eigenvalue weighted by molar-refractivity contribution is 0.0172. The van der Waals surface area contributed by atoms with Crippen molar-refractivity contribution in [3.05, 3.63) is 22.4 Å². The van der Waals surface area contributed by atoms with E-state index in [0.29, 0.717) is 6.04 Å². The van der Waals surface area contributed by atoms with Gasteiger partial charge in [0.15, 0.2) is 5.96 Å². The Bertz CT molecular complexity index is 536. The number of aliphatic imine (C=N–C) groups is 1. The van der Waals surface area contributed by atoms with Crippen molar-refractivity contribution in [2.45, 2.75) is 32.9 Å². The molecule has 148 valence electrons. The summed E-state index contributed by atoms with van der Waals surface area (Å²) in [6, 6.07) is 4.66. The molecule has 2 N–H and O–H groups in total. The molecule has 1 aliphatic rings. The minimum absolute atomic E-state index is 0.0773. The third-order valence-corrected chi connectivity index (χ3v) is 5.72. The number of hydrogen-bond donors (Lipinski definition) is 2. The van der Waals surface area contributed by atoms with Gasteiger partial charge in [-0.1, -0.05) is 26.8 Å². The van der Waals surface area contributed by atoms with Gasteiger partial charge in [0, 0.05) is 45.2 Å². The number of ether oxygens (including phenoxy) is 2. The molecule has 0 amide bonds. The van der Waals surface area contributed by atoms with Crippen molar-refractivity contribution in [3.63, 3.8) is 0 Å². The standard InChI is InChI=1S/C19H34N4O2S/c1-19(2,3)17(24-5)14-22-18(20-4)21-13-15(16-7-6-12-26-16)23-8-10-25-11-9-23/h6-7,12,15,17H,8-11,13-14H2,1-5H3,(H2,20,21,22). The topological polar surface area (TPSA) is 58.1 Å². The average Bonchev–Trinajstić information content (AvgIpc) is 3.14. The largest absolute Gasteiger partial charge is 0.379 e. The molecule has 2 atom stereocenters. The summed E-state index contributed by atoms with van der Waals surface area (Å²) in [5.41, 5.74) is 0.0773. The monoisotopic (exact) mass is 382 g/mol. The molecule has 0 bridgehead atoms. The van der Waals surface area contributed by atoms with Gasteiger partial charge < -0.3 is 20.1 Å². The van der Waals surface area contributed by atoms with Crippen LogP contribution in [0.5, 0.6) is 0 Å². The van der Waals surface area contributed by atoms with Crippen molar-refractivity contribution in [3.8, 4) is 0 Å². The minimum Gasteiger partial charge on any atom is -0.379 e. The molecule has 2 heterocycles.